The van der Waals surface area contributed by atoms with E-state index in [1.807, 2.05) is 0 Å². The Balaban J connectivity index is 3.88. The maximum absolute atomic E-state index is 10.7. The molecule has 0 aromatic rings. The predicted octanol–water partition coefficient (Wildman–Crippen LogP) is 1.19. The van der Waals surface area contributed by atoms with Crippen LogP contribution >= 0.6 is 0 Å². The van der Waals surface area contributed by atoms with E-state index < -0.39 is 5.92 Å². The van der Waals surface area contributed by atoms with Gasteiger partial charge < -0.3 is 0 Å². The van der Waals surface area contributed by atoms with Crippen molar-refractivity contribution in [2.24, 2.45) is 5.92 Å². The zero-order chi connectivity index (χ0) is 7.44. The zero-order valence-corrected chi connectivity index (χ0v) is 6.10. The van der Waals surface area contributed by atoms with E-state index >= 15 is 0 Å². The fourth-order valence-electron chi connectivity index (χ4n) is 0.533. The molecule has 0 radical (unpaired) electrons. The van der Waals surface area contributed by atoms with Gasteiger partial charge in [0, 0.05) is 6.42 Å². The molecule has 9 heavy (non-hydrogen) atoms. The van der Waals surface area contributed by atoms with Gasteiger partial charge in [-0.2, -0.15) is 0 Å². The molecule has 0 aromatic carbocycles. The van der Waals surface area contributed by atoms with Crippen molar-refractivity contribution in [3.8, 4) is 0 Å². The topological polar surface area (TPSA) is 34.1 Å². The third-order valence-corrected chi connectivity index (χ3v) is 1.44. The van der Waals surface area contributed by atoms with Gasteiger partial charge in [-0.15, -0.1) is 0 Å². The predicted molar refractivity (Wildman–Crippen MR) is 35.1 cm³/mol. The van der Waals surface area contributed by atoms with Gasteiger partial charge in [0.15, 0.2) is 0 Å². The minimum Gasteiger partial charge on any atom is -0.299 e. The summed E-state index contributed by atoms with van der Waals surface area (Å²) in [6.45, 7) is 4.86. The minimum atomic E-state index is -0.394. The van der Waals surface area contributed by atoms with Crippen LogP contribution in [0.4, 0.5) is 0 Å². The maximum atomic E-state index is 10.7. The number of hydrogen-bond acceptors (Lipinski definition) is 2. The molecule has 0 aromatic heterocycles. The van der Waals surface area contributed by atoms with E-state index in [0.29, 0.717) is 6.42 Å². The van der Waals surface area contributed by atoms with Crippen molar-refractivity contribution in [3.05, 3.63) is 0 Å². The van der Waals surface area contributed by atoms with Crippen LogP contribution in [-0.2, 0) is 9.59 Å². The Kier molecular flexibility index (Phi) is 3.13. The van der Waals surface area contributed by atoms with E-state index in [-0.39, 0.29) is 11.6 Å². The lowest BCUT2D eigenvalue weighted by Gasteiger charge is -2.01. The maximum Gasteiger partial charge on any atom is 0.142 e. The van der Waals surface area contributed by atoms with Crippen LogP contribution in [0.15, 0.2) is 0 Å². The summed E-state index contributed by atoms with van der Waals surface area (Å²) < 4.78 is 0. The van der Waals surface area contributed by atoms with Gasteiger partial charge >= 0.3 is 0 Å². The summed E-state index contributed by atoms with van der Waals surface area (Å²) in [6, 6.07) is 0. The highest BCUT2D eigenvalue weighted by atomic mass is 16.1. The Morgan fingerprint density at radius 3 is 2.00 bits per heavy atom. The number of carbonyl (C=O) groups is 2. The summed E-state index contributed by atoms with van der Waals surface area (Å²) in [4.78, 5) is 21.3. The summed E-state index contributed by atoms with van der Waals surface area (Å²) in [6.07, 6.45) is 0.459. The average molecular weight is 128 g/mol. The molecule has 0 amide bonds. The second-order valence-electron chi connectivity index (χ2n) is 2.15. The highest BCUT2D eigenvalue weighted by Crippen LogP contribution is 2.00. The monoisotopic (exact) mass is 128 g/mol. The molecule has 1 atom stereocenters. The van der Waals surface area contributed by atoms with Crippen molar-refractivity contribution < 1.29 is 9.59 Å². The lowest BCUT2D eigenvalue weighted by Crippen LogP contribution is -2.16. The van der Waals surface area contributed by atoms with Crippen LogP contribution in [0.5, 0.6) is 0 Å². The highest BCUT2D eigenvalue weighted by molar-refractivity contribution is 6.00. The summed E-state index contributed by atoms with van der Waals surface area (Å²) in [5.74, 6) is -0.403. The number of rotatable bonds is 3. The second kappa shape index (κ2) is 3.38. The van der Waals surface area contributed by atoms with Crippen LogP contribution in [0.1, 0.15) is 27.2 Å². The molecule has 0 heterocycles. The van der Waals surface area contributed by atoms with E-state index in [1.165, 1.54) is 6.92 Å². The molecule has 0 spiro atoms. The van der Waals surface area contributed by atoms with Gasteiger partial charge in [-0.05, 0) is 13.8 Å². The van der Waals surface area contributed by atoms with Crippen LogP contribution in [0, 0.1) is 5.92 Å². The molecule has 2 nitrogen and oxygen atoms in total. The first-order chi connectivity index (χ1) is 4.09. The van der Waals surface area contributed by atoms with Crippen molar-refractivity contribution in [2.45, 2.75) is 27.2 Å². The molecule has 1 unspecified atom stereocenters. The first kappa shape index (κ1) is 8.34. The van der Waals surface area contributed by atoms with Crippen LogP contribution in [0.25, 0.3) is 0 Å². The van der Waals surface area contributed by atoms with Crippen LogP contribution in [0.2, 0.25) is 0 Å². The van der Waals surface area contributed by atoms with Gasteiger partial charge in [0.1, 0.15) is 11.6 Å². The molecule has 0 rings (SSSR count). The summed E-state index contributed by atoms with van der Waals surface area (Å²) in [7, 11) is 0. The number of carbonyl (C=O) groups excluding carboxylic acids is 2. The normalized spacial score (nSPS) is 12.8. The van der Waals surface area contributed by atoms with Gasteiger partial charge in [-0.1, -0.05) is 6.92 Å². The lowest BCUT2D eigenvalue weighted by molar-refractivity contribution is -0.130. The Hall–Kier alpha value is -0.660. The first-order valence-corrected chi connectivity index (χ1v) is 3.12. The number of Topliss-reactive ketones (excluding diaryl/α,β-unsaturated/α-hetero) is 2. The fraction of sp³-hybridized carbons (Fsp3) is 0.714. The molecule has 0 bridgehead atoms. The van der Waals surface area contributed by atoms with E-state index in [2.05, 4.69) is 0 Å². The van der Waals surface area contributed by atoms with E-state index in [4.69, 9.17) is 0 Å². The van der Waals surface area contributed by atoms with Gasteiger partial charge in [-0.3, -0.25) is 9.59 Å². The molecule has 0 saturated heterocycles. The van der Waals surface area contributed by atoms with Gasteiger partial charge in [0.25, 0.3) is 0 Å². The van der Waals surface area contributed by atoms with E-state index in [1.54, 1.807) is 13.8 Å². The smallest absolute Gasteiger partial charge is 0.142 e. The molecule has 0 aliphatic heterocycles. The fourth-order valence-corrected chi connectivity index (χ4v) is 0.533. The Morgan fingerprint density at radius 1 is 1.44 bits per heavy atom. The van der Waals surface area contributed by atoms with Crippen LogP contribution < -0.4 is 0 Å². The molecule has 52 valence electrons. The van der Waals surface area contributed by atoms with Crippen molar-refractivity contribution in [3.63, 3.8) is 0 Å². The number of hydrogen-bond donors (Lipinski definition) is 0. The zero-order valence-electron chi connectivity index (χ0n) is 6.10. The molecule has 0 aliphatic carbocycles. The Bertz CT molecular complexity index is 127. The molecular weight excluding hydrogens is 116 g/mol. The summed E-state index contributed by atoms with van der Waals surface area (Å²) in [5.41, 5.74) is 0. The standard InChI is InChI=1S/C7H12O2/c1-4-7(9)5(2)6(3)8/h5H,4H2,1-3H3. The largest absolute Gasteiger partial charge is 0.299 e. The summed E-state index contributed by atoms with van der Waals surface area (Å²) in [5, 5.41) is 0. The lowest BCUT2D eigenvalue weighted by atomic mass is 10.0. The molecule has 0 N–H and O–H groups in total. The summed E-state index contributed by atoms with van der Waals surface area (Å²) >= 11 is 0. The van der Waals surface area contributed by atoms with E-state index in [0.717, 1.165) is 0 Å². The second-order valence-corrected chi connectivity index (χ2v) is 2.15. The highest BCUT2D eigenvalue weighted by Gasteiger charge is 2.14. The van der Waals surface area contributed by atoms with Crippen molar-refractivity contribution >= 4 is 11.6 Å². The van der Waals surface area contributed by atoms with Crippen LogP contribution in [-0.4, -0.2) is 11.6 Å². The van der Waals surface area contributed by atoms with Crippen molar-refractivity contribution in [2.75, 3.05) is 0 Å². The van der Waals surface area contributed by atoms with Gasteiger partial charge in [-0.25, -0.2) is 0 Å². The minimum absolute atomic E-state index is 0.0301. The molecule has 0 fully saturated rings. The Morgan fingerprint density at radius 2 is 1.89 bits per heavy atom. The third-order valence-electron chi connectivity index (χ3n) is 1.44. The van der Waals surface area contributed by atoms with Gasteiger partial charge in [0.2, 0.25) is 0 Å². The SMILES string of the molecule is CCC(=O)C(C)C(C)=O. The van der Waals surface area contributed by atoms with Gasteiger partial charge in [0.05, 0.1) is 5.92 Å². The number of ketones is 2. The molecule has 2 heteroatoms. The van der Waals surface area contributed by atoms with E-state index in [9.17, 15) is 9.59 Å². The first-order valence-electron chi connectivity index (χ1n) is 3.12. The van der Waals surface area contributed by atoms with Crippen molar-refractivity contribution in [1.82, 2.24) is 0 Å². The molecular formula is C7H12O2. The van der Waals surface area contributed by atoms with Crippen molar-refractivity contribution in [1.29, 1.82) is 0 Å². The quantitative estimate of drug-likeness (QED) is 0.535. The third kappa shape index (κ3) is 2.40. The Labute approximate surface area is 55.3 Å². The van der Waals surface area contributed by atoms with Crippen LogP contribution in [0.3, 0.4) is 0 Å². The average Bonchev–Trinajstić information content (AvgIpc) is 1.84. The molecule has 0 aliphatic rings. The molecule has 0 saturated carbocycles.